The second-order valence-electron chi connectivity index (χ2n) is 4.41. The number of anilines is 1. The lowest BCUT2D eigenvalue weighted by atomic mass is 10.4. The lowest BCUT2D eigenvalue weighted by Crippen LogP contribution is -2.51. The Labute approximate surface area is 131 Å². The molecular formula is C11H14ClN3O4S2. The molecule has 2 rings (SSSR count). The molecule has 0 aromatic carbocycles. The van der Waals surface area contributed by atoms with E-state index in [4.69, 9.17) is 16.3 Å². The number of amides is 1. The highest BCUT2D eigenvalue weighted by Gasteiger charge is 2.39. The zero-order valence-corrected chi connectivity index (χ0v) is 14.0. The Morgan fingerprint density at radius 2 is 2.24 bits per heavy atom. The van der Waals surface area contributed by atoms with Gasteiger partial charge in [-0.15, -0.1) is 11.3 Å². The van der Waals surface area contributed by atoms with E-state index in [0.717, 1.165) is 16.2 Å². The number of hydrogen-bond donors (Lipinski definition) is 1. The van der Waals surface area contributed by atoms with Gasteiger partial charge in [0.05, 0.1) is 16.6 Å². The fourth-order valence-corrected chi connectivity index (χ4v) is 4.52. The summed E-state index contributed by atoms with van der Waals surface area (Å²) in [6, 6.07) is 1.20. The fourth-order valence-electron chi connectivity index (χ4n) is 1.71. The molecule has 1 aromatic rings. The quantitative estimate of drug-likeness (QED) is 0.886. The number of carbonyl (C=O) groups is 1. The monoisotopic (exact) mass is 351 g/mol. The fraction of sp³-hybridized carbons (Fsp3) is 0.455. The maximum atomic E-state index is 12.2. The van der Waals surface area contributed by atoms with Crippen LogP contribution in [-0.4, -0.2) is 33.1 Å². The molecular weight excluding hydrogens is 338 g/mol. The molecule has 0 fully saturated rings. The zero-order chi connectivity index (χ0) is 15.8. The lowest BCUT2D eigenvalue weighted by molar-refractivity contribution is 0.163. The molecule has 0 radical (unpaired) electrons. The Hall–Kier alpha value is -1.32. The first kappa shape index (κ1) is 16.1. The van der Waals surface area contributed by atoms with Gasteiger partial charge in [0.15, 0.2) is 4.21 Å². The first-order valence-electron chi connectivity index (χ1n) is 6.13. The van der Waals surface area contributed by atoms with Crippen LogP contribution in [0.1, 0.15) is 20.8 Å². The van der Waals surface area contributed by atoms with E-state index in [1.807, 2.05) is 0 Å². The van der Waals surface area contributed by atoms with Crippen molar-refractivity contribution in [2.24, 2.45) is 4.99 Å². The first-order valence-corrected chi connectivity index (χ1v) is 8.81. The van der Waals surface area contributed by atoms with E-state index in [1.54, 1.807) is 20.8 Å². The number of aliphatic imine (C=N–C) groups is 1. The molecule has 2 heterocycles. The average molecular weight is 352 g/mol. The van der Waals surface area contributed by atoms with Crippen molar-refractivity contribution in [3.63, 3.8) is 0 Å². The third kappa shape index (κ3) is 3.14. The third-order valence-corrected chi connectivity index (χ3v) is 5.51. The maximum Gasteiger partial charge on any atom is 0.421 e. The topological polar surface area (TPSA) is 88.1 Å². The van der Waals surface area contributed by atoms with Crippen molar-refractivity contribution < 1.29 is 17.9 Å². The molecule has 21 heavy (non-hydrogen) atoms. The number of rotatable bonds is 2. The first-order chi connectivity index (χ1) is 9.76. The van der Waals surface area contributed by atoms with Crippen LogP contribution in [-0.2, 0) is 14.8 Å². The summed E-state index contributed by atoms with van der Waals surface area (Å²) in [5, 5.41) is 0. The summed E-state index contributed by atoms with van der Waals surface area (Å²) in [5.41, 5.74) is 0.154. The Morgan fingerprint density at radius 1 is 1.57 bits per heavy atom. The highest BCUT2D eigenvalue weighted by Crippen LogP contribution is 2.39. The summed E-state index contributed by atoms with van der Waals surface area (Å²) in [6.45, 7) is 5.35. The van der Waals surface area contributed by atoms with Gasteiger partial charge >= 0.3 is 6.09 Å². The average Bonchev–Trinajstić information content (AvgIpc) is 2.70. The van der Waals surface area contributed by atoms with Crippen molar-refractivity contribution >= 4 is 50.7 Å². The van der Waals surface area contributed by atoms with Gasteiger partial charge in [-0.1, -0.05) is 11.6 Å². The number of thiophene rings is 1. The molecule has 1 amide bonds. The van der Waals surface area contributed by atoms with Gasteiger partial charge in [0.2, 0.25) is 5.96 Å². The van der Waals surface area contributed by atoms with Crippen LogP contribution in [0.5, 0.6) is 0 Å². The van der Waals surface area contributed by atoms with Gasteiger partial charge in [0.25, 0.3) is 10.0 Å². The van der Waals surface area contributed by atoms with E-state index in [1.165, 1.54) is 6.07 Å². The van der Waals surface area contributed by atoms with Gasteiger partial charge in [-0.3, -0.25) is 0 Å². The van der Waals surface area contributed by atoms with Crippen LogP contribution in [0.15, 0.2) is 15.3 Å². The predicted molar refractivity (Wildman–Crippen MR) is 81.7 cm³/mol. The molecule has 0 saturated heterocycles. The minimum absolute atomic E-state index is 0.0386. The van der Waals surface area contributed by atoms with Crippen LogP contribution in [0.25, 0.3) is 0 Å². The summed E-state index contributed by atoms with van der Waals surface area (Å²) in [7, 11) is -3.79. The van der Waals surface area contributed by atoms with E-state index in [2.05, 4.69) is 9.71 Å². The summed E-state index contributed by atoms with van der Waals surface area (Å²) in [6.07, 6.45) is -0.713. The third-order valence-electron chi connectivity index (χ3n) is 2.40. The number of halogens is 1. The van der Waals surface area contributed by atoms with Crippen molar-refractivity contribution in [1.82, 2.24) is 4.72 Å². The van der Waals surface area contributed by atoms with Gasteiger partial charge in [0.1, 0.15) is 0 Å². The lowest BCUT2D eigenvalue weighted by Gasteiger charge is -2.28. The van der Waals surface area contributed by atoms with Crippen LogP contribution in [0.2, 0.25) is 4.34 Å². The Balaban J connectivity index is 2.62. The van der Waals surface area contributed by atoms with Crippen molar-refractivity contribution in [3.05, 3.63) is 10.4 Å². The van der Waals surface area contributed by atoms with Gasteiger partial charge in [-0.25, -0.2) is 27.8 Å². The molecule has 0 bridgehead atoms. The SMILES string of the molecule is CCOC(=O)N1C(=NC(C)C)NS(=O)(=O)c2sc(Cl)cc21. The van der Waals surface area contributed by atoms with E-state index in [0.29, 0.717) is 0 Å². The van der Waals surface area contributed by atoms with Gasteiger partial charge in [0, 0.05) is 6.04 Å². The molecule has 1 aliphatic heterocycles. The van der Waals surface area contributed by atoms with Crippen LogP contribution in [0.4, 0.5) is 10.5 Å². The molecule has 0 atom stereocenters. The van der Waals surface area contributed by atoms with Crippen LogP contribution in [0.3, 0.4) is 0 Å². The number of nitrogens with zero attached hydrogens (tertiary/aromatic N) is 2. The molecule has 1 N–H and O–H groups in total. The smallest absolute Gasteiger partial charge is 0.421 e. The van der Waals surface area contributed by atoms with Gasteiger partial charge < -0.3 is 4.74 Å². The summed E-state index contributed by atoms with van der Waals surface area (Å²) >= 11 is 6.75. The molecule has 0 aliphatic carbocycles. The molecule has 116 valence electrons. The van der Waals surface area contributed by atoms with Crippen molar-refractivity contribution in [2.45, 2.75) is 31.0 Å². The second kappa shape index (κ2) is 5.82. The van der Waals surface area contributed by atoms with E-state index in [9.17, 15) is 13.2 Å². The number of carbonyl (C=O) groups excluding carboxylic acids is 1. The number of nitrogens with one attached hydrogen (secondary N) is 1. The number of sulfonamides is 1. The number of hydrogen-bond acceptors (Lipinski definition) is 6. The van der Waals surface area contributed by atoms with Gasteiger partial charge in [-0.2, -0.15) is 0 Å². The molecule has 1 aromatic heterocycles. The van der Waals surface area contributed by atoms with E-state index >= 15 is 0 Å². The summed E-state index contributed by atoms with van der Waals surface area (Å²) < 4.78 is 31.8. The molecule has 0 saturated carbocycles. The molecule has 0 unspecified atom stereocenters. The Kier molecular flexibility index (Phi) is 4.45. The molecule has 0 spiro atoms. The highest BCUT2D eigenvalue weighted by atomic mass is 35.5. The zero-order valence-electron chi connectivity index (χ0n) is 11.6. The van der Waals surface area contributed by atoms with Crippen LogP contribution < -0.4 is 9.62 Å². The largest absolute Gasteiger partial charge is 0.449 e. The van der Waals surface area contributed by atoms with Crippen LogP contribution >= 0.6 is 22.9 Å². The van der Waals surface area contributed by atoms with Crippen LogP contribution in [0, 0.1) is 0 Å². The second-order valence-corrected chi connectivity index (χ2v) is 7.97. The van der Waals surface area contributed by atoms with Crippen molar-refractivity contribution in [1.29, 1.82) is 0 Å². The molecule has 7 nitrogen and oxygen atoms in total. The van der Waals surface area contributed by atoms with Crippen molar-refractivity contribution in [3.8, 4) is 0 Å². The predicted octanol–water partition coefficient (Wildman–Crippen LogP) is 2.42. The maximum absolute atomic E-state index is 12.2. The highest BCUT2D eigenvalue weighted by molar-refractivity contribution is 7.92. The van der Waals surface area contributed by atoms with Crippen molar-refractivity contribution in [2.75, 3.05) is 11.5 Å². The Morgan fingerprint density at radius 3 is 2.81 bits per heavy atom. The summed E-state index contributed by atoms with van der Waals surface area (Å²) in [4.78, 5) is 17.3. The Bertz CT molecular complexity index is 696. The normalized spacial score (nSPS) is 18.5. The minimum Gasteiger partial charge on any atom is -0.449 e. The molecule has 10 heteroatoms. The minimum atomic E-state index is -3.79. The van der Waals surface area contributed by atoms with E-state index < -0.39 is 16.1 Å². The van der Waals surface area contributed by atoms with E-state index in [-0.39, 0.29) is 32.8 Å². The number of ether oxygens (including phenoxy) is 1. The van der Waals surface area contributed by atoms with Gasteiger partial charge in [-0.05, 0) is 26.8 Å². The number of fused-ring (bicyclic) bond motifs is 1. The number of guanidine groups is 1. The molecule has 1 aliphatic rings. The summed E-state index contributed by atoms with van der Waals surface area (Å²) in [5.74, 6) is -0.0922. The standard InChI is InChI=1S/C11H14ClN3O4S2/c1-4-19-11(16)15-7-5-8(12)20-9(7)21(17,18)14-10(15)13-6(2)3/h5-6H,4H2,1-3H3,(H,13,14).